The lowest BCUT2D eigenvalue weighted by Crippen LogP contribution is -2.63. The fraction of sp³-hybridized carbons (Fsp3) is 0.556. The summed E-state index contributed by atoms with van der Waals surface area (Å²) in [4.78, 5) is 27.4. The summed E-state index contributed by atoms with van der Waals surface area (Å²) >= 11 is 0. The van der Waals surface area contributed by atoms with Crippen LogP contribution in [0.25, 0.3) is 0 Å². The second-order valence-electron chi connectivity index (χ2n) is 6.93. The molecular weight excluding hydrogens is 322 g/mol. The highest BCUT2D eigenvalue weighted by atomic mass is 16.3. The molecule has 2 aliphatic rings. The normalized spacial score (nSPS) is 27.8. The van der Waals surface area contributed by atoms with E-state index in [9.17, 15) is 19.8 Å². The number of hydrogen-bond acceptors (Lipinski definition) is 5. The van der Waals surface area contributed by atoms with Gasteiger partial charge >= 0.3 is 0 Å². The maximum Gasteiger partial charge on any atom is 0.234 e. The van der Waals surface area contributed by atoms with Crippen molar-refractivity contribution in [3.05, 3.63) is 35.9 Å². The number of aliphatic hydroxyl groups excluding tert-OH is 1. The number of rotatable bonds is 4. The number of hydrogen-bond donors (Lipinski definition) is 3. The van der Waals surface area contributed by atoms with Crippen LogP contribution < -0.4 is 5.32 Å². The third kappa shape index (κ3) is 4.36. The lowest BCUT2D eigenvalue weighted by Gasteiger charge is -2.44. The molecule has 7 heteroatoms. The molecule has 1 aromatic rings. The Morgan fingerprint density at radius 2 is 2.04 bits per heavy atom. The second-order valence-corrected chi connectivity index (χ2v) is 6.93. The second kappa shape index (κ2) is 7.51. The predicted octanol–water partition coefficient (Wildman–Crippen LogP) is -1.01. The molecule has 0 aromatic heterocycles. The molecule has 25 heavy (non-hydrogen) atoms. The summed E-state index contributed by atoms with van der Waals surface area (Å²) in [7, 11) is 0. The lowest BCUT2D eigenvalue weighted by atomic mass is 9.87. The third-order valence-electron chi connectivity index (χ3n) is 4.99. The molecule has 0 saturated carbocycles. The van der Waals surface area contributed by atoms with Crippen LogP contribution in [-0.4, -0.2) is 82.8 Å². The Bertz CT molecular complexity index is 624. The quantitative estimate of drug-likeness (QED) is 0.649. The maximum atomic E-state index is 12.4. The molecule has 3 N–H and O–H groups in total. The number of carbonyl (C=O) groups excluding carboxylic acids is 2. The third-order valence-corrected chi connectivity index (χ3v) is 4.99. The topological polar surface area (TPSA) is 93.1 Å². The first-order valence-electron chi connectivity index (χ1n) is 8.67. The van der Waals surface area contributed by atoms with Crippen LogP contribution in [0.3, 0.4) is 0 Å². The summed E-state index contributed by atoms with van der Waals surface area (Å²) in [5, 5.41) is 24.0. The summed E-state index contributed by atoms with van der Waals surface area (Å²) in [6, 6.07) is 9.48. The molecule has 1 aromatic carbocycles. The Hall–Kier alpha value is -1.96. The van der Waals surface area contributed by atoms with E-state index in [2.05, 4.69) is 5.32 Å². The Morgan fingerprint density at radius 3 is 2.72 bits per heavy atom. The monoisotopic (exact) mass is 347 g/mol. The largest absolute Gasteiger partial charge is 0.388 e. The number of piperazine rings is 1. The number of likely N-dealkylation sites (tertiary alicyclic amines) is 1. The number of nitrogens with one attached hydrogen (secondary N) is 1. The summed E-state index contributed by atoms with van der Waals surface area (Å²) < 4.78 is 0. The van der Waals surface area contributed by atoms with Gasteiger partial charge in [-0.25, -0.2) is 0 Å². The first kappa shape index (κ1) is 17.8. The van der Waals surface area contributed by atoms with Crippen molar-refractivity contribution >= 4 is 11.8 Å². The fourth-order valence-corrected chi connectivity index (χ4v) is 3.47. The highest BCUT2D eigenvalue weighted by Crippen LogP contribution is 2.25. The molecule has 2 aliphatic heterocycles. The van der Waals surface area contributed by atoms with E-state index in [1.54, 1.807) is 4.90 Å². The van der Waals surface area contributed by atoms with Gasteiger partial charge in [0.15, 0.2) is 0 Å². The van der Waals surface area contributed by atoms with Crippen LogP contribution in [0.4, 0.5) is 0 Å². The maximum absolute atomic E-state index is 12.4. The SMILES string of the molecule is O=C1CN(C[C@@]2(O)CCN(C(=O)Cc3ccccc3)C[C@@H]2O)CCN1. The zero-order valence-electron chi connectivity index (χ0n) is 14.2. The van der Waals surface area contributed by atoms with E-state index in [1.807, 2.05) is 35.2 Å². The minimum absolute atomic E-state index is 0.0512. The van der Waals surface area contributed by atoms with E-state index in [0.29, 0.717) is 26.1 Å². The van der Waals surface area contributed by atoms with Gasteiger partial charge in [0.1, 0.15) is 11.7 Å². The zero-order chi connectivity index (χ0) is 17.9. The molecule has 0 spiro atoms. The molecule has 2 amide bonds. The summed E-state index contributed by atoms with van der Waals surface area (Å²) in [5.74, 6) is -0.121. The number of piperidine rings is 1. The van der Waals surface area contributed by atoms with Crippen molar-refractivity contribution in [2.75, 3.05) is 39.3 Å². The van der Waals surface area contributed by atoms with Crippen LogP contribution >= 0.6 is 0 Å². The Balaban J connectivity index is 1.56. The molecule has 2 saturated heterocycles. The molecule has 0 aliphatic carbocycles. The molecular formula is C18H25N3O4. The number of β-amino-alcohol motifs (C(OH)–C–C–N with tert-alkyl or cyclic N) is 2. The van der Waals surface area contributed by atoms with Crippen LogP contribution in [0.5, 0.6) is 0 Å². The van der Waals surface area contributed by atoms with Crippen molar-refractivity contribution in [1.82, 2.24) is 15.1 Å². The molecule has 2 fully saturated rings. The minimum atomic E-state index is -1.29. The van der Waals surface area contributed by atoms with Crippen molar-refractivity contribution in [2.24, 2.45) is 0 Å². The Kier molecular flexibility index (Phi) is 5.36. The zero-order valence-corrected chi connectivity index (χ0v) is 14.2. The van der Waals surface area contributed by atoms with Crippen molar-refractivity contribution in [3.63, 3.8) is 0 Å². The van der Waals surface area contributed by atoms with E-state index in [0.717, 1.165) is 5.56 Å². The van der Waals surface area contributed by atoms with Gasteiger partial charge in [-0.3, -0.25) is 14.5 Å². The predicted molar refractivity (Wildman–Crippen MR) is 91.7 cm³/mol. The van der Waals surface area contributed by atoms with Crippen LogP contribution in [0.1, 0.15) is 12.0 Å². The van der Waals surface area contributed by atoms with Crippen LogP contribution in [-0.2, 0) is 16.0 Å². The summed E-state index contributed by atoms with van der Waals surface area (Å²) in [6.45, 7) is 2.18. The van der Waals surface area contributed by atoms with E-state index in [1.165, 1.54) is 0 Å². The van der Waals surface area contributed by atoms with Gasteiger partial charge in [-0.05, 0) is 12.0 Å². The van der Waals surface area contributed by atoms with Gasteiger partial charge in [-0.2, -0.15) is 0 Å². The average molecular weight is 347 g/mol. The van der Waals surface area contributed by atoms with E-state index < -0.39 is 11.7 Å². The standard InChI is InChI=1S/C18H25N3O4/c22-15-11-21(17(24)10-14-4-2-1-3-5-14)8-6-18(15,25)13-20-9-7-19-16(23)12-20/h1-5,15,22,25H,6-13H2,(H,19,23)/t15-,18-/m0/s1. The minimum Gasteiger partial charge on any atom is -0.388 e. The number of nitrogens with zero attached hydrogens (tertiary/aromatic N) is 2. The molecule has 136 valence electrons. The van der Waals surface area contributed by atoms with Gasteiger partial charge in [-0.15, -0.1) is 0 Å². The van der Waals surface area contributed by atoms with E-state index in [4.69, 9.17) is 0 Å². The highest BCUT2D eigenvalue weighted by molar-refractivity contribution is 5.79. The van der Waals surface area contributed by atoms with Gasteiger partial charge in [0.25, 0.3) is 0 Å². The van der Waals surface area contributed by atoms with Gasteiger partial charge in [0, 0.05) is 32.7 Å². The number of aliphatic hydroxyl groups is 2. The van der Waals surface area contributed by atoms with E-state index >= 15 is 0 Å². The molecule has 2 heterocycles. The van der Waals surface area contributed by atoms with Gasteiger partial charge < -0.3 is 20.4 Å². The van der Waals surface area contributed by atoms with Gasteiger partial charge in [0.05, 0.1) is 13.0 Å². The average Bonchev–Trinajstić information content (AvgIpc) is 2.58. The van der Waals surface area contributed by atoms with Crippen LogP contribution in [0.2, 0.25) is 0 Å². The first-order valence-corrected chi connectivity index (χ1v) is 8.67. The molecule has 0 bridgehead atoms. The van der Waals surface area contributed by atoms with Crippen molar-refractivity contribution in [1.29, 1.82) is 0 Å². The number of carbonyl (C=O) groups is 2. The molecule has 0 unspecified atom stereocenters. The van der Waals surface area contributed by atoms with Crippen molar-refractivity contribution in [2.45, 2.75) is 24.5 Å². The van der Waals surface area contributed by atoms with E-state index in [-0.39, 0.29) is 37.9 Å². The molecule has 2 atom stereocenters. The summed E-state index contributed by atoms with van der Waals surface area (Å²) in [6.07, 6.45) is -0.434. The van der Waals surface area contributed by atoms with Crippen LogP contribution in [0.15, 0.2) is 30.3 Å². The van der Waals surface area contributed by atoms with Crippen molar-refractivity contribution in [3.8, 4) is 0 Å². The first-order chi connectivity index (χ1) is 12.0. The fourth-order valence-electron chi connectivity index (χ4n) is 3.47. The number of amides is 2. The Morgan fingerprint density at radius 1 is 1.28 bits per heavy atom. The van der Waals surface area contributed by atoms with Crippen LogP contribution in [0, 0.1) is 0 Å². The number of benzene rings is 1. The highest BCUT2D eigenvalue weighted by Gasteiger charge is 2.43. The Labute approximate surface area is 147 Å². The van der Waals surface area contributed by atoms with Crippen molar-refractivity contribution < 1.29 is 19.8 Å². The molecule has 0 radical (unpaired) electrons. The van der Waals surface area contributed by atoms with Gasteiger partial charge in [0.2, 0.25) is 11.8 Å². The molecule has 3 rings (SSSR count). The molecule has 7 nitrogen and oxygen atoms in total. The lowest BCUT2D eigenvalue weighted by molar-refractivity contribution is -0.154. The summed E-state index contributed by atoms with van der Waals surface area (Å²) in [5.41, 5.74) is -0.358. The van der Waals surface area contributed by atoms with Gasteiger partial charge in [-0.1, -0.05) is 30.3 Å². The smallest absolute Gasteiger partial charge is 0.234 e.